The fourth-order valence-corrected chi connectivity index (χ4v) is 2.97. The molecule has 0 aromatic carbocycles. The van der Waals surface area contributed by atoms with E-state index in [-0.39, 0.29) is 0 Å². The van der Waals surface area contributed by atoms with Gasteiger partial charge in [-0.05, 0) is 6.42 Å². The van der Waals surface area contributed by atoms with E-state index >= 15 is 0 Å². The summed E-state index contributed by atoms with van der Waals surface area (Å²) < 4.78 is 1.98. The summed E-state index contributed by atoms with van der Waals surface area (Å²) in [5.41, 5.74) is 0.905. The Balaban J connectivity index is 1.65. The number of carbonyl (C=O) groups is 1. The molecule has 2 rings (SSSR count). The number of rotatable bonds is 9. The van der Waals surface area contributed by atoms with E-state index in [9.17, 15) is 4.79 Å². The van der Waals surface area contributed by atoms with Gasteiger partial charge in [0.2, 0.25) is 0 Å². The van der Waals surface area contributed by atoms with Gasteiger partial charge >= 0.3 is 0 Å². The number of hydrogen-bond acceptors (Lipinski definition) is 3. The monoisotopic (exact) mass is 278 g/mol. The second-order valence-electron chi connectivity index (χ2n) is 5.06. The first-order chi connectivity index (χ1) is 9.29. The molecule has 0 saturated carbocycles. The summed E-state index contributed by atoms with van der Waals surface area (Å²) in [5.74, 6) is 0.321. The Kier molecular flexibility index (Phi) is 5.58. The molecular weight excluding hydrogens is 256 g/mol. The summed E-state index contributed by atoms with van der Waals surface area (Å²) in [6.45, 7) is 2.22. The third-order valence-corrected chi connectivity index (χ3v) is 4.10. The summed E-state index contributed by atoms with van der Waals surface area (Å²) in [5, 5.41) is 2.00. The maximum absolute atomic E-state index is 11.9. The van der Waals surface area contributed by atoms with Crippen LogP contribution in [0.2, 0.25) is 0 Å². The Bertz CT molecular complexity index is 486. The van der Waals surface area contributed by atoms with Crippen LogP contribution in [0.5, 0.6) is 0 Å². The van der Waals surface area contributed by atoms with E-state index < -0.39 is 0 Å². The van der Waals surface area contributed by atoms with Crippen LogP contribution in [0.25, 0.3) is 4.96 Å². The molecule has 19 heavy (non-hydrogen) atoms. The lowest BCUT2D eigenvalue weighted by molar-refractivity contribution is -0.118. The van der Waals surface area contributed by atoms with E-state index in [2.05, 4.69) is 11.9 Å². The topological polar surface area (TPSA) is 34.4 Å². The van der Waals surface area contributed by atoms with Gasteiger partial charge in [-0.25, -0.2) is 4.98 Å². The molecule has 0 bridgehead atoms. The molecular formula is C15H22N2OS. The maximum Gasteiger partial charge on any atom is 0.193 e. The molecule has 0 aliphatic carbocycles. The van der Waals surface area contributed by atoms with Crippen LogP contribution in [0.4, 0.5) is 0 Å². The Morgan fingerprint density at radius 3 is 2.84 bits per heavy atom. The number of fused-ring (bicyclic) bond motifs is 1. The van der Waals surface area contributed by atoms with Crippen LogP contribution in [0.1, 0.15) is 57.6 Å². The number of unbranched alkanes of at least 4 members (excludes halogenated alkanes) is 5. The van der Waals surface area contributed by atoms with Gasteiger partial charge in [0.05, 0.1) is 12.1 Å². The molecule has 0 radical (unpaired) electrons. The highest BCUT2D eigenvalue weighted by molar-refractivity contribution is 7.15. The van der Waals surface area contributed by atoms with Crippen molar-refractivity contribution in [3.05, 3.63) is 23.5 Å². The Hall–Kier alpha value is -1.16. The number of Topliss-reactive ketones (excluding diaryl/α,β-unsaturated/α-hetero) is 1. The molecule has 4 heteroatoms. The molecule has 0 aliphatic heterocycles. The van der Waals surface area contributed by atoms with Gasteiger partial charge in [0.15, 0.2) is 4.96 Å². The number of nitrogens with zero attached hydrogens (tertiary/aromatic N) is 2. The number of hydrogen-bond donors (Lipinski definition) is 0. The SMILES string of the molecule is CCCCCCCCC(=O)Cc1cn2ccsc2n1. The molecule has 104 valence electrons. The summed E-state index contributed by atoms with van der Waals surface area (Å²) >= 11 is 1.60. The highest BCUT2D eigenvalue weighted by Crippen LogP contribution is 2.13. The van der Waals surface area contributed by atoms with Gasteiger partial charge in [-0.1, -0.05) is 39.0 Å². The Morgan fingerprint density at radius 2 is 2.05 bits per heavy atom. The quantitative estimate of drug-likeness (QED) is 0.642. The van der Waals surface area contributed by atoms with Gasteiger partial charge in [0, 0.05) is 24.2 Å². The number of imidazole rings is 1. The van der Waals surface area contributed by atoms with Crippen LogP contribution in [-0.4, -0.2) is 15.2 Å². The lowest BCUT2D eigenvalue weighted by atomic mass is 10.1. The zero-order valence-corrected chi connectivity index (χ0v) is 12.4. The zero-order valence-electron chi connectivity index (χ0n) is 11.6. The number of ketones is 1. The number of carbonyl (C=O) groups excluding carboxylic acids is 1. The largest absolute Gasteiger partial charge is 0.299 e. The predicted molar refractivity (Wildman–Crippen MR) is 79.8 cm³/mol. The van der Waals surface area contributed by atoms with Gasteiger partial charge in [-0.3, -0.25) is 9.20 Å². The van der Waals surface area contributed by atoms with E-state index in [4.69, 9.17) is 0 Å². The second kappa shape index (κ2) is 7.43. The third kappa shape index (κ3) is 4.46. The average molecular weight is 278 g/mol. The summed E-state index contributed by atoms with van der Waals surface area (Å²) in [6, 6.07) is 0. The van der Waals surface area contributed by atoms with E-state index in [1.165, 1.54) is 32.1 Å². The van der Waals surface area contributed by atoms with Crippen molar-refractivity contribution in [2.75, 3.05) is 0 Å². The minimum absolute atomic E-state index is 0.321. The van der Waals surface area contributed by atoms with Gasteiger partial charge in [0.25, 0.3) is 0 Å². The Morgan fingerprint density at radius 1 is 1.26 bits per heavy atom. The van der Waals surface area contributed by atoms with Crippen LogP contribution in [-0.2, 0) is 11.2 Å². The molecule has 0 N–H and O–H groups in total. The molecule has 0 amide bonds. The van der Waals surface area contributed by atoms with Crippen LogP contribution in [0, 0.1) is 0 Å². The summed E-state index contributed by atoms with van der Waals surface area (Å²) in [7, 11) is 0. The van der Waals surface area contributed by atoms with Gasteiger partial charge in [0.1, 0.15) is 5.78 Å². The van der Waals surface area contributed by atoms with E-state index in [1.54, 1.807) is 11.3 Å². The highest BCUT2D eigenvalue weighted by atomic mass is 32.1. The predicted octanol–water partition coefficient (Wildman–Crippen LogP) is 4.26. The fraction of sp³-hybridized carbons (Fsp3) is 0.600. The van der Waals surface area contributed by atoms with Gasteiger partial charge in [-0.15, -0.1) is 11.3 Å². The average Bonchev–Trinajstić information content (AvgIpc) is 2.94. The zero-order chi connectivity index (χ0) is 13.5. The van der Waals surface area contributed by atoms with E-state index in [0.717, 1.165) is 17.1 Å². The highest BCUT2D eigenvalue weighted by Gasteiger charge is 2.08. The first-order valence-electron chi connectivity index (χ1n) is 7.22. The fourth-order valence-electron chi connectivity index (χ4n) is 2.25. The molecule has 2 heterocycles. The van der Waals surface area contributed by atoms with Crippen LogP contribution in [0.15, 0.2) is 17.8 Å². The van der Waals surface area contributed by atoms with Crippen molar-refractivity contribution in [1.29, 1.82) is 0 Å². The van der Waals surface area contributed by atoms with E-state index in [0.29, 0.717) is 18.6 Å². The minimum atomic E-state index is 0.321. The van der Waals surface area contributed by atoms with Crippen molar-refractivity contribution < 1.29 is 4.79 Å². The lowest BCUT2D eigenvalue weighted by Gasteiger charge is -2.00. The standard InChI is InChI=1S/C15H22N2OS/c1-2-3-4-5-6-7-8-14(18)11-13-12-17-9-10-19-15(17)16-13/h9-10,12H,2-8,11H2,1H3. The van der Waals surface area contributed by atoms with Crippen LogP contribution in [0.3, 0.4) is 0 Å². The van der Waals surface area contributed by atoms with Crippen molar-refractivity contribution in [1.82, 2.24) is 9.38 Å². The second-order valence-corrected chi connectivity index (χ2v) is 5.93. The van der Waals surface area contributed by atoms with Crippen molar-refractivity contribution in [2.45, 2.75) is 58.3 Å². The van der Waals surface area contributed by atoms with Crippen LogP contribution >= 0.6 is 11.3 Å². The smallest absolute Gasteiger partial charge is 0.193 e. The first kappa shape index (κ1) is 14.3. The first-order valence-corrected chi connectivity index (χ1v) is 8.10. The number of thiazole rings is 1. The van der Waals surface area contributed by atoms with E-state index in [1.807, 2.05) is 22.2 Å². The molecule has 0 fully saturated rings. The van der Waals surface area contributed by atoms with Crippen molar-refractivity contribution in [3.63, 3.8) is 0 Å². The minimum Gasteiger partial charge on any atom is -0.299 e. The van der Waals surface area contributed by atoms with Crippen molar-refractivity contribution in [3.8, 4) is 0 Å². The lowest BCUT2D eigenvalue weighted by Crippen LogP contribution is -2.02. The molecule has 2 aromatic rings. The molecule has 0 spiro atoms. The molecule has 2 aromatic heterocycles. The third-order valence-electron chi connectivity index (χ3n) is 3.33. The number of aromatic nitrogens is 2. The summed E-state index contributed by atoms with van der Waals surface area (Å²) in [4.78, 5) is 17.3. The van der Waals surface area contributed by atoms with Gasteiger partial charge < -0.3 is 0 Å². The molecule has 0 saturated heterocycles. The molecule has 3 nitrogen and oxygen atoms in total. The molecule has 0 aliphatic rings. The van der Waals surface area contributed by atoms with Crippen LogP contribution < -0.4 is 0 Å². The van der Waals surface area contributed by atoms with Crippen molar-refractivity contribution in [2.24, 2.45) is 0 Å². The van der Waals surface area contributed by atoms with Gasteiger partial charge in [-0.2, -0.15) is 0 Å². The Labute approximate surface area is 118 Å². The molecule has 0 unspecified atom stereocenters. The maximum atomic E-state index is 11.9. The molecule has 0 atom stereocenters. The van der Waals surface area contributed by atoms with Crippen molar-refractivity contribution >= 4 is 22.1 Å². The summed E-state index contributed by atoms with van der Waals surface area (Å²) in [6.07, 6.45) is 12.5. The normalized spacial score (nSPS) is 11.2.